The van der Waals surface area contributed by atoms with Gasteiger partial charge >= 0.3 is 0 Å². The van der Waals surface area contributed by atoms with Gasteiger partial charge in [0, 0.05) is 17.7 Å². The van der Waals surface area contributed by atoms with Gasteiger partial charge in [0.2, 0.25) is 10.0 Å². The van der Waals surface area contributed by atoms with Gasteiger partial charge in [-0.1, -0.05) is 25.1 Å². The maximum absolute atomic E-state index is 12.7. The average Bonchev–Trinajstić information content (AvgIpc) is 3.16. The number of nitrogens with one attached hydrogen (secondary N) is 2. The van der Waals surface area contributed by atoms with E-state index >= 15 is 0 Å². The van der Waals surface area contributed by atoms with E-state index in [4.69, 9.17) is 4.74 Å². The summed E-state index contributed by atoms with van der Waals surface area (Å²) in [5.41, 5.74) is 3.27. The van der Waals surface area contributed by atoms with Crippen LogP contribution >= 0.6 is 0 Å². The molecule has 1 heterocycles. The van der Waals surface area contributed by atoms with Crippen molar-refractivity contribution in [3.05, 3.63) is 65.9 Å². The molecule has 6 nitrogen and oxygen atoms in total. The number of hydrogen-bond donors (Lipinski definition) is 2. The van der Waals surface area contributed by atoms with Gasteiger partial charge in [-0.25, -0.2) is 13.1 Å². The maximum atomic E-state index is 12.7. The Morgan fingerprint density at radius 1 is 1.04 bits per heavy atom. The zero-order valence-corrected chi connectivity index (χ0v) is 16.2. The van der Waals surface area contributed by atoms with Crippen molar-refractivity contribution in [1.82, 2.24) is 14.9 Å². The Bertz CT molecular complexity index is 995. The van der Waals surface area contributed by atoms with Crippen molar-refractivity contribution in [2.75, 3.05) is 6.61 Å². The number of benzene rings is 2. The monoisotopic (exact) mass is 385 g/mol. The van der Waals surface area contributed by atoms with Crippen LogP contribution < -0.4 is 9.46 Å². The van der Waals surface area contributed by atoms with Crippen LogP contribution in [-0.4, -0.2) is 25.2 Å². The highest BCUT2D eigenvalue weighted by Crippen LogP contribution is 2.24. The Labute approximate surface area is 159 Å². The van der Waals surface area contributed by atoms with E-state index in [9.17, 15) is 8.42 Å². The van der Waals surface area contributed by atoms with Crippen LogP contribution in [0, 0.1) is 0 Å². The lowest BCUT2D eigenvalue weighted by Gasteiger charge is -2.11. The minimum Gasteiger partial charge on any atom is -0.494 e. The molecule has 0 fully saturated rings. The first-order chi connectivity index (χ1) is 13.0. The summed E-state index contributed by atoms with van der Waals surface area (Å²) < 4.78 is 33.6. The van der Waals surface area contributed by atoms with Crippen molar-refractivity contribution in [3.63, 3.8) is 0 Å². The standard InChI is InChI=1S/C20H23N3O3S/c1-3-15-7-5-6-8-19(15)27(24,25)22-14-17-13-21-23-20(17)16-9-11-18(12-10-16)26-4-2/h5-13,22H,3-4,14H2,1-2H3,(H,21,23). The second kappa shape index (κ2) is 8.37. The second-order valence-electron chi connectivity index (χ2n) is 6.01. The molecule has 0 bridgehead atoms. The van der Waals surface area contributed by atoms with Crippen LogP contribution in [0.2, 0.25) is 0 Å². The molecule has 3 aromatic rings. The van der Waals surface area contributed by atoms with Crippen LogP contribution in [0.5, 0.6) is 5.75 Å². The third kappa shape index (κ3) is 4.37. The quantitative estimate of drug-likeness (QED) is 0.621. The van der Waals surface area contributed by atoms with Crippen molar-refractivity contribution in [2.45, 2.75) is 31.7 Å². The van der Waals surface area contributed by atoms with Crippen LogP contribution in [-0.2, 0) is 23.0 Å². The zero-order chi connectivity index (χ0) is 19.3. The molecule has 0 atom stereocenters. The highest BCUT2D eigenvalue weighted by atomic mass is 32.2. The number of hydrogen-bond acceptors (Lipinski definition) is 4. The Balaban J connectivity index is 1.79. The van der Waals surface area contributed by atoms with Gasteiger partial charge in [0.1, 0.15) is 5.75 Å². The number of rotatable bonds is 8. The molecule has 0 aliphatic rings. The fourth-order valence-corrected chi connectivity index (χ4v) is 4.20. The molecule has 0 amide bonds. The van der Waals surface area contributed by atoms with Crippen molar-refractivity contribution < 1.29 is 13.2 Å². The molecule has 0 aliphatic carbocycles. The Morgan fingerprint density at radius 2 is 1.78 bits per heavy atom. The Kier molecular flexibility index (Phi) is 5.93. The number of sulfonamides is 1. The van der Waals surface area contributed by atoms with Gasteiger partial charge in [0.25, 0.3) is 0 Å². The molecule has 0 radical (unpaired) electrons. The number of aromatic nitrogens is 2. The highest BCUT2D eigenvalue weighted by Gasteiger charge is 2.18. The zero-order valence-electron chi connectivity index (χ0n) is 15.4. The fourth-order valence-electron chi connectivity index (χ4n) is 2.89. The predicted molar refractivity (Wildman–Crippen MR) is 105 cm³/mol. The first-order valence-corrected chi connectivity index (χ1v) is 10.4. The third-order valence-corrected chi connectivity index (χ3v) is 5.77. The summed E-state index contributed by atoms with van der Waals surface area (Å²) in [6.07, 6.45) is 2.29. The predicted octanol–water partition coefficient (Wildman–Crippen LogP) is 3.52. The summed E-state index contributed by atoms with van der Waals surface area (Å²) in [7, 11) is -3.60. The lowest BCUT2D eigenvalue weighted by atomic mass is 10.1. The van der Waals surface area contributed by atoms with E-state index in [1.54, 1.807) is 18.3 Å². The molecule has 0 saturated carbocycles. The molecule has 142 valence electrons. The van der Waals surface area contributed by atoms with Crippen LogP contribution in [0.4, 0.5) is 0 Å². The largest absolute Gasteiger partial charge is 0.494 e. The average molecular weight is 385 g/mol. The van der Waals surface area contributed by atoms with E-state index < -0.39 is 10.0 Å². The molecule has 0 unspecified atom stereocenters. The van der Waals surface area contributed by atoms with Gasteiger partial charge in [-0.3, -0.25) is 5.10 Å². The number of aromatic amines is 1. The van der Waals surface area contributed by atoms with Gasteiger partial charge in [-0.05, 0) is 49.2 Å². The van der Waals surface area contributed by atoms with Crippen LogP contribution in [0.3, 0.4) is 0 Å². The normalized spacial score (nSPS) is 11.5. The minimum atomic E-state index is -3.60. The number of nitrogens with zero attached hydrogens (tertiary/aromatic N) is 1. The molecule has 0 aliphatic heterocycles. The number of H-pyrrole nitrogens is 1. The van der Waals surface area contributed by atoms with Crippen LogP contribution in [0.15, 0.2) is 59.6 Å². The van der Waals surface area contributed by atoms with E-state index in [2.05, 4.69) is 14.9 Å². The molecular formula is C20H23N3O3S. The summed E-state index contributed by atoms with van der Waals surface area (Å²) in [4.78, 5) is 0.318. The van der Waals surface area contributed by atoms with Gasteiger partial charge < -0.3 is 4.74 Å². The molecule has 2 N–H and O–H groups in total. The smallest absolute Gasteiger partial charge is 0.241 e. The maximum Gasteiger partial charge on any atom is 0.241 e. The minimum absolute atomic E-state index is 0.152. The van der Waals surface area contributed by atoms with E-state index in [-0.39, 0.29) is 6.54 Å². The van der Waals surface area contributed by atoms with Crippen LogP contribution in [0.1, 0.15) is 25.0 Å². The first-order valence-electron chi connectivity index (χ1n) is 8.88. The van der Waals surface area contributed by atoms with Gasteiger partial charge in [0.15, 0.2) is 0 Å². The SMILES string of the molecule is CCOc1ccc(-c2[nH]ncc2CNS(=O)(=O)c2ccccc2CC)cc1. The summed E-state index contributed by atoms with van der Waals surface area (Å²) in [5.74, 6) is 0.791. The van der Waals surface area contributed by atoms with E-state index in [0.717, 1.165) is 28.1 Å². The number of ether oxygens (including phenoxy) is 1. The van der Waals surface area contributed by atoms with E-state index in [1.807, 2.05) is 50.2 Å². The van der Waals surface area contributed by atoms with Crippen LogP contribution in [0.25, 0.3) is 11.3 Å². The molecule has 1 aromatic heterocycles. The van der Waals surface area contributed by atoms with Crippen molar-refractivity contribution in [3.8, 4) is 17.0 Å². The van der Waals surface area contributed by atoms with Gasteiger partial charge in [-0.15, -0.1) is 0 Å². The van der Waals surface area contributed by atoms with Crippen molar-refractivity contribution in [1.29, 1.82) is 0 Å². The van der Waals surface area contributed by atoms with E-state index in [1.165, 1.54) is 0 Å². The fraction of sp³-hybridized carbons (Fsp3) is 0.250. The summed E-state index contributed by atoms with van der Waals surface area (Å²) in [5, 5.41) is 7.02. The van der Waals surface area contributed by atoms with Crippen molar-refractivity contribution >= 4 is 10.0 Å². The molecule has 0 spiro atoms. The first kappa shape index (κ1) is 19.1. The Hall–Kier alpha value is -2.64. The highest BCUT2D eigenvalue weighted by molar-refractivity contribution is 7.89. The topological polar surface area (TPSA) is 84.1 Å². The van der Waals surface area contributed by atoms with Gasteiger partial charge in [0.05, 0.1) is 23.4 Å². The second-order valence-corrected chi connectivity index (χ2v) is 7.75. The van der Waals surface area contributed by atoms with Crippen molar-refractivity contribution in [2.24, 2.45) is 0 Å². The molecule has 3 rings (SSSR count). The lowest BCUT2D eigenvalue weighted by molar-refractivity contribution is 0.340. The molecule has 27 heavy (non-hydrogen) atoms. The summed E-state index contributed by atoms with van der Waals surface area (Å²) >= 11 is 0. The summed E-state index contributed by atoms with van der Waals surface area (Å²) in [6.45, 7) is 4.63. The molecule has 0 saturated heterocycles. The Morgan fingerprint density at radius 3 is 2.48 bits per heavy atom. The molecular weight excluding hydrogens is 362 g/mol. The van der Waals surface area contributed by atoms with E-state index in [0.29, 0.717) is 17.9 Å². The summed E-state index contributed by atoms with van der Waals surface area (Å²) in [6, 6.07) is 14.6. The molecule has 2 aromatic carbocycles. The van der Waals surface area contributed by atoms with Gasteiger partial charge in [-0.2, -0.15) is 5.10 Å². The third-order valence-electron chi connectivity index (χ3n) is 4.27. The molecule has 7 heteroatoms. The number of aryl methyl sites for hydroxylation is 1. The lowest BCUT2D eigenvalue weighted by Crippen LogP contribution is -2.24.